The van der Waals surface area contributed by atoms with Gasteiger partial charge in [-0.3, -0.25) is 0 Å². The van der Waals surface area contributed by atoms with Crippen molar-refractivity contribution in [1.82, 2.24) is 0 Å². The van der Waals surface area contributed by atoms with E-state index in [0.29, 0.717) is 0 Å². The van der Waals surface area contributed by atoms with Crippen molar-refractivity contribution < 1.29 is 4.74 Å². The van der Waals surface area contributed by atoms with Gasteiger partial charge in [0.2, 0.25) is 0 Å². The van der Waals surface area contributed by atoms with Crippen molar-refractivity contribution in [3.05, 3.63) is 172 Å². The number of anilines is 5. The molecule has 1 saturated carbocycles. The summed E-state index contributed by atoms with van der Waals surface area (Å²) in [5.74, 6) is 0. The molecular weight excluding hydrogens is 880 g/mol. The maximum absolute atomic E-state index is 8.27. The highest BCUT2D eigenvalue weighted by Crippen LogP contribution is 2.67. The lowest BCUT2D eigenvalue weighted by atomic mass is 9.35. The summed E-state index contributed by atoms with van der Waals surface area (Å²) < 4.78 is 9.66. The molecule has 3 nitrogen and oxygen atoms in total. The second kappa shape index (κ2) is 15.0. The maximum atomic E-state index is 8.27. The number of thiophene rings is 1. The third kappa shape index (κ3) is 6.59. The molecule has 6 aromatic carbocycles. The number of hydrogen-bond donors (Lipinski definition) is 0. The van der Waals surface area contributed by atoms with Crippen LogP contribution in [0.1, 0.15) is 168 Å². The second-order valence-corrected chi connectivity index (χ2v) is 27.8. The Hall–Kier alpha value is -5.52. The molecule has 12 rings (SSSR count). The zero-order chi connectivity index (χ0) is 50.2. The van der Waals surface area contributed by atoms with Crippen LogP contribution in [-0.2, 0) is 37.4 Å². The van der Waals surface area contributed by atoms with Gasteiger partial charge < -0.3 is 14.5 Å². The Balaban J connectivity index is 1.23. The van der Waals surface area contributed by atoms with Crippen molar-refractivity contribution in [3.63, 3.8) is 0 Å². The second-order valence-electron chi connectivity index (χ2n) is 26.7. The predicted molar refractivity (Wildman–Crippen MR) is 305 cm³/mol. The number of fused-ring (bicyclic) bond motifs is 11. The highest BCUT2D eigenvalue weighted by atomic mass is 32.1. The normalized spacial score (nSPS) is 21.1. The van der Waals surface area contributed by atoms with Crippen LogP contribution in [0.2, 0.25) is 0 Å². The van der Waals surface area contributed by atoms with Gasteiger partial charge in [0.1, 0.15) is 5.60 Å². The van der Waals surface area contributed by atoms with Crippen LogP contribution >= 0.6 is 11.3 Å². The van der Waals surface area contributed by atoms with Crippen LogP contribution in [0.5, 0.6) is 0 Å². The molecule has 0 saturated heterocycles. The molecule has 1 fully saturated rings. The molecule has 1 aromatic heterocycles. The van der Waals surface area contributed by atoms with E-state index >= 15 is 0 Å². The van der Waals surface area contributed by atoms with Crippen molar-refractivity contribution in [1.29, 1.82) is 0 Å². The van der Waals surface area contributed by atoms with Crippen molar-refractivity contribution in [3.8, 4) is 10.4 Å². The van der Waals surface area contributed by atoms with Crippen LogP contribution in [0.3, 0.4) is 0 Å². The fourth-order valence-electron chi connectivity index (χ4n) is 13.6. The van der Waals surface area contributed by atoms with Gasteiger partial charge in [0.25, 0.3) is 6.71 Å². The number of nitrogens with zero attached hydrogens (tertiary/aromatic N) is 2. The van der Waals surface area contributed by atoms with Gasteiger partial charge in [-0.15, -0.1) is 11.3 Å². The molecule has 4 heterocycles. The minimum atomic E-state index is -0.536. The first-order valence-corrected chi connectivity index (χ1v) is 27.4. The monoisotopic (exact) mass is 953 g/mol. The van der Waals surface area contributed by atoms with E-state index in [0.717, 1.165) is 31.3 Å². The van der Waals surface area contributed by atoms with E-state index in [4.69, 9.17) is 4.74 Å². The highest BCUT2D eigenvalue weighted by molar-refractivity contribution is 7.25. The Morgan fingerprint density at radius 2 is 1.08 bits per heavy atom. The van der Waals surface area contributed by atoms with E-state index in [1.807, 2.05) is 11.3 Å². The van der Waals surface area contributed by atoms with Crippen LogP contribution in [0.15, 0.2) is 133 Å². The Morgan fingerprint density at radius 3 is 1.68 bits per heavy atom. The van der Waals surface area contributed by atoms with Crippen molar-refractivity contribution in [2.75, 3.05) is 9.80 Å². The standard InChI is InChI=1S/C66H73BN2OS/c1-60(2,3)40-23-28-45(29-24-40)68-50-34-32-47-53-56(48-37-43(62(7,8)9)27-33-49(48)64(53,13)14)71-57(47)55(50)67-54-51(68)38-44(63(10,11)12)39-52(54)69(46-30-25-41(26-31-46)61(4,5)6)58-59(67)70-66(42-21-17-16-18-22-42)36-20-19-35-65(58,66)15/h16-18,21-34,37-39H,19-20,35-36H2,1-15H3. The lowest BCUT2D eigenvalue weighted by molar-refractivity contribution is -0.0781. The summed E-state index contributed by atoms with van der Waals surface area (Å²) in [4.78, 5) is 6.76. The molecule has 0 radical (unpaired) electrons. The minimum absolute atomic E-state index is 0.0259. The predicted octanol–water partition coefficient (Wildman–Crippen LogP) is 17.2. The number of ether oxygens (including phenoxy) is 1. The van der Waals surface area contributed by atoms with Gasteiger partial charge in [-0.2, -0.15) is 0 Å². The van der Waals surface area contributed by atoms with E-state index in [1.165, 1.54) is 105 Å². The van der Waals surface area contributed by atoms with Gasteiger partial charge in [0, 0.05) is 43.4 Å². The van der Waals surface area contributed by atoms with Crippen molar-refractivity contribution in [2.45, 2.75) is 162 Å². The molecule has 2 aliphatic carbocycles. The van der Waals surface area contributed by atoms with E-state index in [1.54, 1.807) is 0 Å². The summed E-state index contributed by atoms with van der Waals surface area (Å²) in [5, 5.41) is 1.38. The van der Waals surface area contributed by atoms with Crippen molar-refractivity contribution in [2.24, 2.45) is 5.41 Å². The topological polar surface area (TPSA) is 15.7 Å². The zero-order valence-corrected chi connectivity index (χ0v) is 46.0. The van der Waals surface area contributed by atoms with Crippen LogP contribution in [0.4, 0.5) is 28.4 Å². The summed E-state index contributed by atoms with van der Waals surface area (Å²) in [5.41, 5.74) is 21.3. The summed E-state index contributed by atoms with van der Waals surface area (Å²) in [6.07, 6.45) is 4.31. The third-order valence-electron chi connectivity index (χ3n) is 17.7. The zero-order valence-electron chi connectivity index (χ0n) is 45.2. The quantitative estimate of drug-likeness (QED) is 0.164. The molecule has 0 amide bonds. The first-order chi connectivity index (χ1) is 33.3. The maximum Gasteiger partial charge on any atom is 0.297 e. The molecular formula is C66H73BN2OS. The van der Waals surface area contributed by atoms with Gasteiger partial charge in [-0.25, -0.2) is 0 Å². The summed E-state index contributed by atoms with van der Waals surface area (Å²) in [6.45, 7) is 35.5. The molecule has 5 heteroatoms. The van der Waals surface area contributed by atoms with Crippen LogP contribution in [0, 0.1) is 5.41 Å². The minimum Gasteiger partial charge on any atom is -0.493 e. The number of rotatable bonds is 3. The molecule has 362 valence electrons. The Labute approximate surface area is 429 Å². The first-order valence-electron chi connectivity index (χ1n) is 26.6. The molecule has 2 atom stereocenters. The molecule has 5 aliphatic rings. The molecule has 0 spiro atoms. The van der Waals surface area contributed by atoms with E-state index in [2.05, 4.69) is 235 Å². The molecule has 3 aliphatic heterocycles. The third-order valence-corrected chi connectivity index (χ3v) is 19.0. The van der Waals surface area contributed by atoms with E-state index in [-0.39, 0.29) is 39.2 Å². The first kappa shape index (κ1) is 46.5. The highest BCUT2D eigenvalue weighted by Gasteiger charge is 2.66. The van der Waals surface area contributed by atoms with Gasteiger partial charge in [0.05, 0.1) is 16.8 Å². The molecule has 7 aromatic rings. The SMILES string of the molecule is CC(C)(C)c1ccc(N2C3=C(OC4(c5ccccc5)CCCCC34C)B3c4c2cc(C(C)(C)C)cc4N(c2ccc(C(C)(C)C)cc2)c2ccc4c5c(sc4c23)-c2cc(C(C)(C)C)ccc2C5(C)C)cc1. The van der Waals surface area contributed by atoms with E-state index < -0.39 is 5.60 Å². The van der Waals surface area contributed by atoms with Crippen LogP contribution in [-0.4, -0.2) is 6.71 Å². The fraction of sp³-hybridized carbons (Fsp3) is 0.394. The summed E-state index contributed by atoms with van der Waals surface area (Å²) >= 11 is 2.04. The lowest BCUT2D eigenvalue weighted by Gasteiger charge is -2.50. The molecule has 71 heavy (non-hydrogen) atoms. The van der Waals surface area contributed by atoms with Crippen molar-refractivity contribution >= 4 is 67.5 Å². The lowest BCUT2D eigenvalue weighted by Crippen LogP contribution is -2.56. The number of benzene rings is 6. The van der Waals surface area contributed by atoms with Gasteiger partial charge in [0.15, 0.2) is 0 Å². The Kier molecular flexibility index (Phi) is 9.86. The number of hydrogen-bond acceptors (Lipinski definition) is 4. The van der Waals surface area contributed by atoms with Gasteiger partial charge >= 0.3 is 0 Å². The Morgan fingerprint density at radius 1 is 0.535 bits per heavy atom. The smallest absolute Gasteiger partial charge is 0.297 e. The van der Waals surface area contributed by atoms with E-state index in [9.17, 15) is 0 Å². The average molecular weight is 953 g/mol. The largest absolute Gasteiger partial charge is 0.493 e. The molecule has 0 N–H and O–H groups in total. The van der Waals surface area contributed by atoms with Crippen LogP contribution in [0.25, 0.3) is 20.5 Å². The average Bonchev–Trinajstić information content (AvgIpc) is 3.92. The van der Waals surface area contributed by atoms with Crippen LogP contribution < -0.4 is 20.7 Å². The van der Waals surface area contributed by atoms with Gasteiger partial charge in [-0.05, 0) is 157 Å². The molecule has 2 unspecified atom stereocenters. The Bertz CT molecular complexity index is 3370. The summed E-state index contributed by atoms with van der Waals surface area (Å²) in [7, 11) is 0. The molecule has 0 bridgehead atoms. The fourth-order valence-corrected chi connectivity index (χ4v) is 15.1. The summed E-state index contributed by atoms with van der Waals surface area (Å²) in [6, 6.07) is 47.8. The van der Waals surface area contributed by atoms with Gasteiger partial charge in [-0.1, -0.05) is 176 Å².